The summed E-state index contributed by atoms with van der Waals surface area (Å²) in [5.41, 5.74) is 2.92. The first kappa shape index (κ1) is 18.0. The summed E-state index contributed by atoms with van der Waals surface area (Å²) in [6, 6.07) is 9.45. The summed E-state index contributed by atoms with van der Waals surface area (Å²) < 4.78 is 12.1. The number of nitrogens with zero attached hydrogens (tertiary/aromatic N) is 1. The van der Waals surface area contributed by atoms with E-state index in [1.807, 2.05) is 31.2 Å². The van der Waals surface area contributed by atoms with Crippen LogP contribution in [0.3, 0.4) is 0 Å². The molecule has 1 fully saturated rings. The van der Waals surface area contributed by atoms with Crippen molar-refractivity contribution < 1.29 is 13.9 Å². The Labute approximate surface area is 165 Å². The number of fused-ring (bicyclic) bond motifs is 1. The minimum absolute atomic E-state index is 0.0876. The number of rotatable bonds is 5. The molecule has 0 saturated carbocycles. The first-order valence-electron chi connectivity index (χ1n) is 8.91. The van der Waals surface area contributed by atoms with Crippen molar-refractivity contribution in [2.45, 2.75) is 25.9 Å². The molecule has 7 heteroatoms. The molecule has 2 N–H and O–H groups in total. The molecule has 27 heavy (non-hydrogen) atoms. The van der Waals surface area contributed by atoms with E-state index in [9.17, 15) is 4.79 Å². The Morgan fingerprint density at radius 3 is 3.00 bits per heavy atom. The van der Waals surface area contributed by atoms with E-state index in [0.29, 0.717) is 23.6 Å². The molecular weight excluding hydrogens is 410 g/mol. The molecule has 6 nitrogen and oxygen atoms in total. The van der Waals surface area contributed by atoms with Gasteiger partial charge in [-0.25, -0.2) is 4.98 Å². The number of aromatic nitrogens is 1. The van der Waals surface area contributed by atoms with Crippen LogP contribution in [0.2, 0.25) is 0 Å². The number of carbonyl (C=O) groups excluding carboxylic acids is 1. The highest BCUT2D eigenvalue weighted by Crippen LogP contribution is 2.28. The number of hydrogen-bond acceptors (Lipinski definition) is 5. The number of aryl methyl sites for hydroxylation is 1. The third-order valence-electron chi connectivity index (χ3n) is 4.62. The summed E-state index contributed by atoms with van der Waals surface area (Å²) in [6.45, 7) is 3.27. The zero-order valence-electron chi connectivity index (χ0n) is 14.9. The molecule has 1 aromatic carbocycles. The van der Waals surface area contributed by atoms with Crippen LogP contribution in [0.15, 0.2) is 45.5 Å². The van der Waals surface area contributed by atoms with Crippen LogP contribution in [0, 0.1) is 6.92 Å². The Bertz CT molecular complexity index is 980. The minimum Gasteiger partial charge on any atom is -0.464 e. The maximum atomic E-state index is 12.6. The number of pyridine rings is 1. The number of ether oxygens (including phenoxy) is 1. The quantitative estimate of drug-likeness (QED) is 0.621. The average Bonchev–Trinajstić information content (AvgIpc) is 3.34. The summed E-state index contributed by atoms with van der Waals surface area (Å²) in [6.07, 6.45) is 3.70. The number of hydrogen-bond donors (Lipinski definition) is 2. The van der Waals surface area contributed by atoms with E-state index < -0.39 is 0 Å². The molecule has 1 saturated heterocycles. The van der Waals surface area contributed by atoms with Crippen LogP contribution in [0.5, 0.6) is 0 Å². The van der Waals surface area contributed by atoms with Crippen molar-refractivity contribution in [3.05, 3.63) is 52.3 Å². The molecule has 3 aromatic rings. The van der Waals surface area contributed by atoms with Crippen LogP contribution in [0.25, 0.3) is 11.0 Å². The molecule has 140 valence electrons. The standard InChI is InChI=1S/C20H20BrN3O3/c1-12-9-13(4-5-16(12)21)23-19-15-6-8-27-18(15)10-17(24-19)20(25)22-11-14-3-2-7-26-14/h4-6,8-10,14H,2-3,7,11H2,1H3,(H,22,25)(H,23,24). The first-order valence-corrected chi connectivity index (χ1v) is 9.70. The fraction of sp³-hybridized carbons (Fsp3) is 0.300. The third-order valence-corrected chi connectivity index (χ3v) is 5.51. The Kier molecular flexibility index (Phi) is 5.13. The van der Waals surface area contributed by atoms with Gasteiger partial charge in [-0.1, -0.05) is 15.9 Å². The zero-order valence-corrected chi connectivity index (χ0v) is 16.5. The summed E-state index contributed by atoms with van der Waals surface area (Å²) >= 11 is 3.50. The molecule has 2 aromatic heterocycles. The lowest BCUT2D eigenvalue weighted by atomic mass is 10.2. The van der Waals surface area contributed by atoms with Gasteiger partial charge < -0.3 is 19.8 Å². The van der Waals surface area contributed by atoms with Crippen LogP contribution in [-0.4, -0.2) is 30.1 Å². The molecule has 1 aliphatic heterocycles. The second-order valence-corrected chi connectivity index (χ2v) is 7.48. The molecule has 1 unspecified atom stereocenters. The topological polar surface area (TPSA) is 76.4 Å². The highest BCUT2D eigenvalue weighted by Gasteiger charge is 2.19. The van der Waals surface area contributed by atoms with Crippen molar-refractivity contribution in [3.8, 4) is 0 Å². The molecular formula is C20H20BrN3O3. The van der Waals surface area contributed by atoms with Crippen molar-refractivity contribution in [3.63, 3.8) is 0 Å². The van der Waals surface area contributed by atoms with E-state index in [-0.39, 0.29) is 12.0 Å². The highest BCUT2D eigenvalue weighted by atomic mass is 79.9. The summed E-state index contributed by atoms with van der Waals surface area (Å²) in [5, 5.41) is 7.03. The van der Waals surface area contributed by atoms with Crippen molar-refractivity contribution in [1.29, 1.82) is 0 Å². The van der Waals surface area contributed by atoms with E-state index >= 15 is 0 Å². The van der Waals surface area contributed by atoms with E-state index in [1.54, 1.807) is 12.3 Å². The monoisotopic (exact) mass is 429 g/mol. The van der Waals surface area contributed by atoms with E-state index in [0.717, 1.165) is 40.6 Å². The zero-order chi connectivity index (χ0) is 18.8. The molecule has 1 atom stereocenters. The molecule has 0 aliphatic carbocycles. The number of furan rings is 1. The number of benzene rings is 1. The highest BCUT2D eigenvalue weighted by molar-refractivity contribution is 9.10. The predicted octanol–water partition coefficient (Wildman–Crippen LogP) is 4.55. The van der Waals surface area contributed by atoms with Gasteiger partial charge in [0.25, 0.3) is 5.91 Å². The average molecular weight is 430 g/mol. The van der Waals surface area contributed by atoms with Gasteiger partial charge in [0.05, 0.1) is 17.8 Å². The Morgan fingerprint density at radius 2 is 2.22 bits per heavy atom. The van der Waals surface area contributed by atoms with Crippen LogP contribution < -0.4 is 10.6 Å². The fourth-order valence-corrected chi connectivity index (χ4v) is 3.39. The number of amides is 1. The van der Waals surface area contributed by atoms with Gasteiger partial charge in [-0.15, -0.1) is 0 Å². The SMILES string of the molecule is Cc1cc(Nc2nc(C(=O)NCC3CCCO3)cc3occc23)ccc1Br. The number of anilines is 2. The molecule has 3 heterocycles. The van der Waals surface area contributed by atoms with Gasteiger partial charge in [0.15, 0.2) is 0 Å². The van der Waals surface area contributed by atoms with Gasteiger partial charge in [-0.05, 0) is 49.6 Å². The van der Waals surface area contributed by atoms with Gasteiger partial charge in [0.2, 0.25) is 0 Å². The Morgan fingerprint density at radius 1 is 1.33 bits per heavy atom. The normalized spacial score (nSPS) is 16.6. The summed E-state index contributed by atoms with van der Waals surface area (Å²) in [7, 11) is 0. The molecule has 1 aliphatic rings. The van der Waals surface area contributed by atoms with E-state index in [4.69, 9.17) is 9.15 Å². The second kappa shape index (κ2) is 7.70. The smallest absolute Gasteiger partial charge is 0.270 e. The van der Waals surface area contributed by atoms with E-state index in [2.05, 4.69) is 31.5 Å². The van der Waals surface area contributed by atoms with Crippen LogP contribution >= 0.6 is 15.9 Å². The molecule has 0 radical (unpaired) electrons. The minimum atomic E-state index is -0.237. The third kappa shape index (κ3) is 3.99. The van der Waals surface area contributed by atoms with Gasteiger partial charge in [0, 0.05) is 29.4 Å². The lowest BCUT2D eigenvalue weighted by Crippen LogP contribution is -2.32. The fourth-order valence-electron chi connectivity index (χ4n) is 3.14. The van der Waals surface area contributed by atoms with Crippen molar-refractivity contribution >= 4 is 44.3 Å². The maximum absolute atomic E-state index is 12.6. The van der Waals surface area contributed by atoms with Crippen molar-refractivity contribution in [1.82, 2.24) is 10.3 Å². The Balaban J connectivity index is 1.58. The number of carbonyl (C=O) groups is 1. The van der Waals surface area contributed by atoms with Gasteiger partial charge in [-0.3, -0.25) is 4.79 Å². The maximum Gasteiger partial charge on any atom is 0.270 e. The molecule has 0 bridgehead atoms. The molecule has 4 rings (SSSR count). The van der Waals surface area contributed by atoms with Crippen molar-refractivity contribution in [2.24, 2.45) is 0 Å². The number of halogens is 1. The number of nitrogens with one attached hydrogen (secondary N) is 2. The van der Waals surface area contributed by atoms with Crippen molar-refractivity contribution in [2.75, 3.05) is 18.5 Å². The molecule has 1 amide bonds. The van der Waals surface area contributed by atoms with Crippen LogP contribution in [0.4, 0.5) is 11.5 Å². The van der Waals surface area contributed by atoms with E-state index in [1.165, 1.54) is 0 Å². The van der Waals surface area contributed by atoms with Crippen LogP contribution in [0.1, 0.15) is 28.9 Å². The van der Waals surface area contributed by atoms with Crippen LogP contribution in [-0.2, 0) is 4.74 Å². The second-order valence-electron chi connectivity index (χ2n) is 6.62. The lowest BCUT2D eigenvalue weighted by molar-refractivity contribution is 0.0854. The molecule has 0 spiro atoms. The first-order chi connectivity index (χ1) is 13.1. The van der Waals surface area contributed by atoms with Gasteiger partial charge in [-0.2, -0.15) is 0 Å². The summed E-state index contributed by atoms with van der Waals surface area (Å²) in [4.78, 5) is 17.1. The predicted molar refractivity (Wildman–Crippen MR) is 107 cm³/mol. The Hall–Kier alpha value is -2.38. The lowest BCUT2D eigenvalue weighted by Gasteiger charge is -2.12. The van der Waals surface area contributed by atoms with Gasteiger partial charge in [0.1, 0.15) is 17.1 Å². The van der Waals surface area contributed by atoms with Gasteiger partial charge >= 0.3 is 0 Å². The summed E-state index contributed by atoms with van der Waals surface area (Å²) in [5.74, 6) is 0.351. The largest absolute Gasteiger partial charge is 0.464 e.